The second-order valence-corrected chi connectivity index (χ2v) is 6.27. The van der Waals surface area contributed by atoms with E-state index in [4.69, 9.17) is 4.74 Å². The summed E-state index contributed by atoms with van der Waals surface area (Å²) < 4.78 is 32.1. The van der Waals surface area contributed by atoms with Crippen molar-refractivity contribution in [2.75, 3.05) is 11.9 Å². The van der Waals surface area contributed by atoms with Crippen LogP contribution in [-0.4, -0.2) is 24.5 Å². The minimum Gasteiger partial charge on any atom is -0.494 e. The molecule has 144 valence electrons. The first-order valence-electron chi connectivity index (χ1n) is 8.61. The van der Waals surface area contributed by atoms with Crippen molar-refractivity contribution in [3.8, 4) is 5.75 Å². The lowest BCUT2D eigenvalue weighted by Crippen LogP contribution is -2.47. The van der Waals surface area contributed by atoms with Crippen LogP contribution in [0.15, 0.2) is 42.5 Å². The van der Waals surface area contributed by atoms with Crippen LogP contribution < -0.4 is 15.4 Å². The molecule has 0 unspecified atom stereocenters. The minimum atomic E-state index is -0.895. The fourth-order valence-corrected chi connectivity index (χ4v) is 2.43. The SMILES string of the molecule is CCOc1ccc(C(=O)N[C@@H](C(=O)Nc2ccc(F)cc2F)C(C)C)cc1. The smallest absolute Gasteiger partial charge is 0.251 e. The van der Waals surface area contributed by atoms with Crippen LogP contribution in [0.3, 0.4) is 0 Å². The molecule has 1 atom stereocenters. The molecule has 0 aliphatic heterocycles. The van der Waals surface area contributed by atoms with Gasteiger partial charge in [0.2, 0.25) is 5.91 Å². The first-order valence-corrected chi connectivity index (χ1v) is 8.61. The maximum Gasteiger partial charge on any atom is 0.251 e. The number of carbonyl (C=O) groups excluding carboxylic acids is 2. The predicted molar refractivity (Wildman–Crippen MR) is 98.7 cm³/mol. The Balaban J connectivity index is 2.09. The fourth-order valence-electron chi connectivity index (χ4n) is 2.43. The fraction of sp³-hybridized carbons (Fsp3) is 0.300. The number of rotatable bonds is 7. The van der Waals surface area contributed by atoms with Gasteiger partial charge in [-0.15, -0.1) is 0 Å². The van der Waals surface area contributed by atoms with Gasteiger partial charge in [-0.1, -0.05) is 13.8 Å². The molecular formula is C20H22F2N2O3. The van der Waals surface area contributed by atoms with Gasteiger partial charge >= 0.3 is 0 Å². The molecular weight excluding hydrogens is 354 g/mol. The number of nitrogens with one attached hydrogen (secondary N) is 2. The molecule has 2 aromatic rings. The van der Waals surface area contributed by atoms with E-state index in [0.717, 1.165) is 12.1 Å². The Hall–Kier alpha value is -2.96. The van der Waals surface area contributed by atoms with Gasteiger partial charge in [-0.05, 0) is 49.2 Å². The highest BCUT2D eigenvalue weighted by Gasteiger charge is 2.25. The Bertz CT molecular complexity index is 807. The highest BCUT2D eigenvalue weighted by molar-refractivity contribution is 6.01. The van der Waals surface area contributed by atoms with Gasteiger partial charge in [0, 0.05) is 11.6 Å². The summed E-state index contributed by atoms with van der Waals surface area (Å²) >= 11 is 0. The zero-order valence-corrected chi connectivity index (χ0v) is 15.4. The second kappa shape index (κ2) is 9.12. The molecule has 5 nitrogen and oxygen atoms in total. The third kappa shape index (κ3) is 5.51. The number of benzene rings is 2. The van der Waals surface area contributed by atoms with Crippen molar-refractivity contribution in [1.82, 2.24) is 5.32 Å². The zero-order chi connectivity index (χ0) is 20.0. The van der Waals surface area contributed by atoms with E-state index in [0.29, 0.717) is 24.0 Å². The number of halogens is 2. The van der Waals surface area contributed by atoms with E-state index in [1.54, 1.807) is 38.1 Å². The van der Waals surface area contributed by atoms with Crippen molar-refractivity contribution in [3.05, 3.63) is 59.7 Å². The van der Waals surface area contributed by atoms with Crippen molar-refractivity contribution < 1.29 is 23.1 Å². The summed E-state index contributed by atoms with van der Waals surface area (Å²) in [6, 6.07) is 8.47. The lowest BCUT2D eigenvalue weighted by molar-refractivity contribution is -0.118. The molecule has 0 aliphatic carbocycles. The molecule has 2 N–H and O–H groups in total. The number of hydrogen-bond donors (Lipinski definition) is 2. The number of carbonyl (C=O) groups is 2. The van der Waals surface area contributed by atoms with Gasteiger partial charge in [-0.25, -0.2) is 8.78 Å². The predicted octanol–water partition coefficient (Wildman–Crippen LogP) is 3.76. The number of hydrogen-bond acceptors (Lipinski definition) is 3. The van der Waals surface area contributed by atoms with Crippen LogP contribution in [0.1, 0.15) is 31.1 Å². The molecule has 0 aromatic heterocycles. The van der Waals surface area contributed by atoms with Crippen LogP contribution in [0.2, 0.25) is 0 Å². The summed E-state index contributed by atoms with van der Waals surface area (Å²) in [6.07, 6.45) is 0. The van der Waals surface area contributed by atoms with Gasteiger partial charge in [0.15, 0.2) is 0 Å². The van der Waals surface area contributed by atoms with Crippen molar-refractivity contribution >= 4 is 17.5 Å². The molecule has 27 heavy (non-hydrogen) atoms. The van der Waals surface area contributed by atoms with Crippen LogP contribution in [0, 0.1) is 17.6 Å². The highest BCUT2D eigenvalue weighted by Crippen LogP contribution is 2.17. The van der Waals surface area contributed by atoms with Crippen molar-refractivity contribution in [2.24, 2.45) is 5.92 Å². The number of anilines is 1. The van der Waals surface area contributed by atoms with Crippen LogP contribution in [0.4, 0.5) is 14.5 Å². The van der Waals surface area contributed by atoms with Gasteiger partial charge in [0.05, 0.1) is 12.3 Å². The summed E-state index contributed by atoms with van der Waals surface area (Å²) in [6.45, 7) is 5.88. The van der Waals surface area contributed by atoms with Crippen molar-refractivity contribution in [3.63, 3.8) is 0 Å². The summed E-state index contributed by atoms with van der Waals surface area (Å²) in [5.74, 6) is -2.26. The molecule has 0 heterocycles. The van der Waals surface area contributed by atoms with E-state index in [2.05, 4.69) is 10.6 Å². The van der Waals surface area contributed by atoms with Crippen LogP contribution in [-0.2, 0) is 4.79 Å². The third-order valence-corrected chi connectivity index (χ3v) is 3.85. The largest absolute Gasteiger partial charge is 0.494 e. The van der Waals surface area contributed by atoms with Crippen LogP contribution >= 0.6 is 0 Å². The van der Waals surface area contributed by atoms with E-state index >= 15 is 0 Å². The zero-order valence-electron chi connectivity index (χ0n) is 15.4. The topological polar surface area (TPSA) is 67.4 Å². The minimum absolute atomic E-state index is 0.151. The third-order valence-electron chi connectivity index (χ3n) is 3.85. The first kappa shape index (κ1) is 20.4. The van der Waals surface area contributed by atoms with Gasteiger partial charge in [0.25, 0.3) is 5.91 Å². The summed E-state index contributed by atoms with van der Waals surface area (Å²) in [4.78, 5) is 24.9. The molecule has 0 radical (unpaired) electrons. The summed E-state index contributed by atoms with van der Waals surface area (Å²) in [5, 5.41) is 5.03. The monoisotopic (exact) mass is 376 g/mol. The highest BCUT2D eigenvalue weighted by atomic mass is 19.1. The summed E-state index contributed by atoms with van der Waals surface area (Å²) in [5.41, 5.74) is 0.215. The normalized spacial score (nSPS) is 11.8. The molecule has 0 aliphatic rings. The molecule has 2 amide bonds. The van der Waals surface area contributed by atoms with E-state index in [-0.39, 0.29) is 11.6 Å². The Morgan fingerprint density at radius 3 is 2.30 bits per heavy atom. The van der Waals surface area contributed by atoms with E-state index in [1.807, 2.05) is 6.92 Å². The van der Waals surface area contributed by atoms with Crippen molar-refractivity contribution in [1.29, 1.82) is 0 Å². The maximum absolute atomic E-state index is 13.7. The van der Waals surface area contributed by atoms with Crippen LogP contribution in [0.5, 0.6) is 5.75 Å². The maximum atomic E-state index is 13.7. The van der Waals surface area contributed by atoms with Gasteiger partial charge in [-0.3, -0.25) is 9.59 Å². The first-order chi connectivity index (χ1) is 12.8. The van der Waals surface area contributed by atoms with Gasteiger partial charge < -0.3 is 15.4 Å². The second-order valence-electron chi connectivity index (χ2n) is 6.27. The van der Waals surface area contributed by atoms with Gasteiger partial charge in [0.1, 0.15) is 23.4 Å². The quantitative estimate of drug-likeness (QED) is 0.773. The molecule has 0 bridgehead atoms. The molecule has 0 saturated carbocycles. The van der Waals surface area contributed by atoms with Gasteiger partial charge in [-0.2, -0.15) is 0 Å². The average molecular weight is 376 g/mol. The molecule has 2 aromatic carbocycles. The van der Waals surface area contributed by atoms with E-state index < -0.39 is 29.5 Å². The lowest BCUT2D eigenvalue weighted by Gasteiger charge is -2.22. The van der Waals surface area contributed by atoms with Crippen LogP contribution in [0.25, 0.3) is 0 Å². The molecule has 2 rings (SSSR count). The number of amides is 2. The van der Waals surface area contributed by atoms with E-state index in [9.17, 15) is 18.4 Å². The Morgan fingerprint density at radius 1 is 1.07 bits per heavy atom. The van der Waals surface area contributed by atoms with Crippen molar-refractivity contribution in [2.45, 2.75) is 26.8 Å². The Morgan fingerprint density at radius 2 is 1.74 bits per heavy atom. The molecule has 0 spiro atoms. The standard InChI is InChI=1S/C20H22F2N2O3/c1-4-27-15-8-5-13(6-9-15)19(25)24-18(12(2)3)20(26)23-17-10-7-14(21)11-16(17)22/h5-12,18H,4H2,1-3H3,(H,23,26)(H,24,25)/t18-/m1/s1. The molecule has 7 heteroatoms. The van der Waals surface area contributed by atoms with E-state index in [1.165, 1.54) is 0 Å². The Labute approximate surface area is 156 Å². The summed E-state index contributed by atoms with van der Waals surface area (Å²) in [7, 11) is 0. The average Bonchev–Trinajstić information content (AvgIpc) is 2.62. The molecule has 0 saturated heterocycles. The number of ether oxygens (including phenoxy) is 1. The lowest BCUT2D eigenvalue weighted by atomic mass is 10.0. The Kier molecular flexibility index (Phi) is 6.87. The molecule has 0 fully saturated rings.